The van der Waals surface area contributed by atoms with Crippen molar-refractivity contribution in [1.82, 2.24) is 0 Å². The summed E-state index contributed by atoms with van der Waals surface area (Å²) >= 11 is 0. The van der Waals surface area contributed by atoms with Crippen LogP contribution >= 0.6 is 0 Å². The molecular formula is C38H45N2O2-. The number of nitrogens with zero attached hydrogens (tertiary/aromatic N) is 2. The van der Waals surface area contributed by atoms with Crippen LogP contribution in [0, 0.1) is 22.7 Å². The van der Waals surface area contributed by atoms with E-state index in [1.54, 1.807) is 0 Å². The van der Waals surface area contributed by atoms with Gasteiger partial charge in [-0.25, -0.2) is 0 Å². The van der Waals surface area contributed by atoms with E-state index < -0.39 is 12.2 Å². The minimum absolute atomic E-state index is 0.0321. The van der Waals surface area contributed by atoms with Gasteiger partial charge in [-0.3, -0.25) is 0 Å². The van der Waals surface area contributed by atoms with Crippen LogP contribution in [-0.2, 0) is 10.8 Å². The first-order valence-corrected chi connectivity index (χ1v) is 15.6. The van der Waals surface area contributed by atoms with E-state index in [-0.39, 0.29) is 33.5 Å². The zero-order chi connectivity index (χ0) is 30.0. The predicted octanol–water partition coefficient (Wildman–Crippen LogP) is 6.62. The van der Waals surface area contributed by atoms with E-state index in [0.717, 1.165) is 12.8 Å². The molecule has 4 atom stereocenters. The number of fused-ring (bicyclic) bond motifs is 6. The minimum atomic E-state index is -0.846. The molecule has 1 N–H and O–H groups in total. The molecule has 1 fully saturated rings. The highest BCUT2D eigenvalue weighted by atomic mass is 16.3. The molecule has 4 nitrogen and oxygen atoms in total. The monoisotopic (exact) mass is 561 g/mol. The quantitative estimate of drug-likeness (QED) is 0.448. The Morgan fingerprint density at radius 1 is 0.690 bits per heavy atom. The second-order valence-corrected chi connectivity index (χ2v) is 15.2. The average Bonchev–Trinajstić information content (AvgIpc) is 3.32. The van der Waals surface area contributed by atoms with Crippen molar-refractivity contribution in [2.45, 2.75) is 77.4 Å². The third-order valence-corrected chi connectivity index (χ3v) is 12.4. The maximum absolute atomic E-state index is 13.7. The lowest BCUT2D eigenvalue weighted by Crippen LogP contribution is -2.60. The van der Waals surface area contributed by atoms with Gasteiger partial charge in [-0.1, -0.05) is 76.2 Å². The Balaban J connectivity index is 1.18. The molecule has 5 aliphatic rings. The van der Waals surface area contributed by atoms with Gasteiger partial charge in [-0.15, -0.1) is 6.10 Å². The second-order valence-electron chi connectivity index (χ2n) is 15.2. The Labute approximate surface area is 251 Å². The van der Waals surface area contributed by atoms with Crippen molar-refractivity contribution >= 4 is 11.4 Å². The van der Waals surface area contributed by atoms with Crippen molar-refractivity contribution in [3.8, 4) is 0 Å². The van der Waals surface area contributed by atoms with E-state index in [1.807, 2.05) is 0 Å². The van der Waals surface area contributed by atoms with Crippen molar-refractivity contribution in [3.63, 3.8) is 0 Å². The van der Waals surface area contributed by atoms with Gasteiger partial charge in [0.1, 0.15) is 0 Å². The predicted molar refractivity (Wildman–Crippen MR) is 170 cm³/mol. The number of aliphatic hydroxyl groups excluding tert-OH is 1. The molecule has 1 saturated carbocycles. The van der Waals surface area contributed by atoms with Crippen molar-refractivity contribution in [1.29, 1.82) is 0 Å². The molecule has 2 aromatic rings. The van der Waals surface area contributed by atoms with Gasteiger partial charge >= 0.3 is 0 Å². The van der Waals surface area contributed by atoms with Crippen LogP contribution in [0.25, 0.3) is 0 Å². The largest absolute Gasteiger partial charge is 0.851 e. The lowest BCUT2D eigenvalue weighted by molar-refractivity contribution is -0.473. The van der Waals surface area contributed by atoms with Crippen LogP contribution in [0.2, 0.25) is 0 Å². The zero-order valence-corrected chi connectivity index (χ0v) is 26.4. The summed E-state index contributed by atoms with van der Waals surface area (Å²) in [6.45, 7) is 14.1. The fourth-order valence-corrected chi connectivity index (χ4v) is 9.17. The smallest absolute Gasteiger partial charge is 0.0645 e. The maximum Gasteiger partial charge on any atom is 0.0645 e. The molecule has 4 unspecified atom stereocenters. The van der Waals surface area contributed by atoms with Crippen LogP contribution in [0.1, 0.15) is 65.5 Å². The molecule has 42 heavy (non-hydrogen) atoms. The SMILES string of the molecule is CN1C2=C/C(=C/C3C([O-])C(/C=C4/C=C5N(C)c6ccccc6C5(C)C(C)(C)C4)C3O)CC(C)(C)C2(C)c2ccccc21. The Hall–Kier alpha value is -3.08. The van der Waals surface area contributed by atoms with Crippen molar-refractivity contribution in [2.75, 3.05) is 23.9 Å². The fraction of sp³-hybridized carbons (Fsp3) is 0.474. The first-order chi connectivity index (χ1) is 19.7. The summed E-state index contributed by atoms with van der Waals surface area (Å²) in [4.78, 5) is 4.63. The molecule has 0 aromatic heterocycles. The molecule has 2 aromatic carbocycles. The highest BCUT2D eigenvalue weighted by Crippen LogP contribution is 2.62. The van der Waals surface area contributed by atoms with Gasteiger partial charge in [0, 0.05) is 47.7 Å². The fourth-order valence-electron chi connectivity index (χ4n) is 9.17. The van der Waals surface area contributed by atoms with E-state index in [1.165, 1.54) is 45.0 Å². The van der Waals surface area contributed by atoms with E-state index in [2.05, 4.69) is 138 Å². The molecule has 0 bridgehead atoms. The molecule has 4 heteroatoms. The molecule has 3 aliphatic carbocycles. The van der Waals surface area contributed by atoms with Crippen LogP contribution in [0.3, 0.4) is 0 Å². The Kier molecular flexibility index (Phi) is 5.77. The van der Waals surface area contributed by atoms with Crippen molar-refractivity contribution in [2.24, 2.45) is 22.7 Å². The van der Waals surface area contributed by atoms with Crippen LogP contribution in [-0.4, -0.2) is 31.4 Å². The number of allylic oxidation sites excluding steroid dienone is 6. The average molecular weight is 562 g/mol. The molecule has 7 rings (SSSR count). The number of benzene rings is 2. The number of anilines is 2. The zero-order valence-electron chi connectivity index (χ0n) is 26.4. The minimum Gasteiger partial charge on any atom is -0.851 e. The van der Waals surface area contributed by atoms with Gasteiger partial charge in [-0.05, 0) is 95.9 Å². The van der Waals surface area contributed by atoms with Crippen LogP contribution in [0.15, 0.2) is 95.4 Å². The third kappa shape index (κ3) is 3.37. The summed E-state index contributed by atoms with van der Waals surface area (Å²) in [5, 5.41) is 25.1. The van der Waals surface area contributed by atoms with E-state index in [4.69, 9.17) is 0 Å². The number of rotatable bonds is 2. The van der Waals surface area contributed by atoms with E-state index in [0.29, 0.717) is 0 Å². The standard InChI is InChI=1S/C38H45N2O2/c1-35(2)21-23(19-31-37(35,5)27-13-9-11-15-29(27)39(31)7)17-25-33(41)26(34(25)42)18-24-20-32-38(6,36(3,4)22-24)28-14-10-12-16-30(28)40(32)8/h9-20,25-26,33-34,41H,21-22H2,1-8H3/q-1/b23-17-,24-18-. The first-order valence-electron chi connectivity index (χ1n) is 15.6. The van der Waals surface area contributed by atoms with Crippen molar-refractivity contribution in [3.05, 3.63) is 107 Å². The van der Waals surface area contributed by atoms with Gasteiger partial charge in [0.2, 0.25) is 0 Å². The normalized spacial score (nSPS) is 37.5. The number of likely N-dealkylation sites (N-methyl/N-ethyl adjacent to an activating group) is 2. The van der Waals surface area contributed by atoms with Gasteiger partial charge in [-0.2, -0.15) is 0 Å². The molecule has 2 heterocycles. The molecule has 0 amide bonds. The molecule has 0 saturated heterocycles. The van der Waals surface area contributed by atoms with Gasteiger partial charge in [0.05, 0.1) is 6.10 Å². The summed E-state index contributed by atoms with van der Waals surface area (Å²) in [5.41, 5.74) is 9.91. The molecule has 0 spiro atoms. The van der Waals surface area contributed by atoms with Gasteiger partial charge in [0.15, 0.2) is 0 Å². The number of hydrogen-bond donors (Lipinski definition) is 1. The third-order valence-electron chi connectivity index (χ3n) is 12.4. The summed E-state index contributed by atoms with van der Waals surface area (Å²) in [6.07, 6.45) is 9.04. The maximum atomic E-state index is 13.7. The Morgan fingerprint density at radius 3 is 1.45 bits per heavy atom. The summed E-state index contributed by atoms with van der Waals surface area (Å²) in [6, 6.07) is 17.4. The number of aliphatic hydroxyl groups is 1. The summed E-state index contributed by atoms with van der Waals surface area (Å²) in [7, 11) is 4.30. The Morgan fingerprint density at radius 2 is 1.07 bits per heavy atom. The summed E-state index contributed by atoms with van der Waals surface area (Å²) < 4.78 is 0. The molecular weight excluding hydrogens is 516 g/mol. The molecule has 2 aliphatic heterocycles. The molecule has 220 valence electrons. The van der Waals surface area contributed by atoms with Crippen LogP contribution in [0.5, 0.6) is 0 Å². The lowest BCUT2D eigenvalue weighted by atomic mass is 9.56. The van der Waals surface area contributed by atoms with E-state index >= 15 is 0 Å². The highest BCUT2D eigenvalue weighted by Gasteiger charge is 2.56. The van der Waals surface area contributed by atoms with Crippen molar-refractivity contribution < 1.29 is 10.2 Å². The van der Waals surface area contributed by atoms with Gasteiger partial charge < -0.3 is 20.0 Å². The Bertz CT molecular complexity index is 1480. The topological polar surface area (TPSA) is 49.8 Å². The molecule has 0 radical (unpaired) electrons. The first kappa shape index (κ1) is 27.7. The van der Waals surface area contributed by atoms with Gasteiger partial charge in [0.25, 0.3) is 0 Å². The van der Waals surface area contributed by atoms with E-state index in [9.17, 15) is 10.2 Å². The summed E-state index contributed by atoms with van der Waals surface area (Å²) in [5.74, 6) is -0.748. The second kappa shape index (κ2) is 8.74. The number of para-hydroxylation sites is 2. The number of hydrogen-bond acceptors (Lipinski definition) is 4. The highest BCUT2D eigenvalue weighted by molar-refractivity contribution is 5.74. The van der Waals surface area contributed by atoms with Crippen LogP contribution < -0.4 is 14.9 Å². The lowest BCUT2D eigenvalue weighted by Gasteiger charge is -2.54. The van der Waals surface area contributed by atoms with Crippen LogP contribution in [0.4, 0.5) is 11.4 Å².